The SMILES string of the molecule is CC(=O)Nc1cn2cc(-c3cnc(N)c(O[C@H](C)C(F)(F)F)n3)ccc2n1. The second kappa shape index (κ2) is 6.74. The quantitative estimate of drug-likeness (QED) is 0.721. The summed E-state index contributed by atoms with van der Waals surface area (Å²) in [5.41, 5.74) is 6.96. The Morgan fingerprint density at radius 2 is 2.04 bits per heavy atom. The molecule has 0 saturated carbocycles. The van der Waals surface area contributed by atoms with Gasteiger partial charge in [-0.25, -0.2) is 15.0 Å². The maximum atomic E-state index is 12.7. The number of alkyl halides is 3. The second-order valence-corrected chi connectivity index (χ2v) is 5.74. The number of carbonyl (C=O) groups is 1. The second-order valence-electron chi connectivity index (χ2n) is 5.74. The number of fused-ring (bicyclic) bond motifs is 1. The highest BCUT2D eigenvalue weighted by Crippen LogP contribution is 2.28. The van der Waals surface area contributed by atoms with Gasteiger partial charge in [0.15, 0.2) is 17.7 Å². The average molecular weight is 380 g/mol. The van der Waals surface area contributed by atoms with E-state index in [1.54, 1.807) is 28.9 Å². The molecule has 0 unspecified atom stereocenters. The van der Waals surface area contributed by atoms with Crippen molar-refractivity contribution in [2.24, 2.45) is 0 Å². The van der Waals surface area contributed by atoms with E-state index in [4.69, 9.17) is 10.5 Å². The minimum atomic E-state index is -4.56. The fourth-order valence-electron chi connectivity index (χ4n) is 2.23. The molecule has 0 aliphatic carbocycles. The van der Waals surface area contributed by atoms with Gasteiger partial charge in [0, 0.05) is 18.7 Å². The Kier molecular flexibility index (Phi) is 4.60. The van der Waals surface area contributed by atoms with Crippen LogP contribution in [0.25, 0.3) is 16.9 Å². The molecule has 3 N–H and O–H groups in total. The van der Waals surface area contributed by atoms with Crippen molar-refractivity contribution < 1.29 is 22.7 Å². The van der Waals surface area contributed by atoms with Crippen LogP contribution < -0.4 is 15.8 Å². The Labute approximate surface area is 151 Å². The van der Waals surface area contributed by atoms with Crippen molar-refractivity contribution in [3.63, 3.8) is 0 Å². The van der Waals surface area contributed by atoms with E-state index in [-0.39, 0.29) is 17.4 Å². The molecule has 0 radical (unpaired) electrons. The predicted octanol–water partition coefficient (Wildman–Crippen LogP) is 2.66. The third kappa shape index (κ3) is 4.07. The van der Waals surface area contributed by atoms with Gasteiger partial charge in [-0.15, -0.1) is 0 Å². The first-order valence-electron chi connectivity index (χ1n) is 7.76. The van der Waals surface area contributed by atoms with Gasteiger partial charge < -0.3 is 20.2 Å². The molecule has 0 aliphatic heterocycles. The summed E-state index contributed by atoms with van der Waals surface area (Å²) >= 11 is 0. The molecule has 11 heteroatoms. The molecule has 0 saturated heterocycles. The zero-order valence-corrected chi connectivity index (χ0v) is 14.3. The summed E-state index contributed by atoms with van der Waals surface area (Å²) in [5, 5.41) is 2.56. The number of hydrogen-bond donors (Lipinski definition) is 2. The first-order valence-corrected chi connectivity index (χ1v) is 7.76. The van der Waals surface area contributed by atoms with Crippen LogP contribution in [0.5, 0.6) is 5.88 Å². The summed E-state index contributed by atoms with van der Waals surface area (Å²) in [6.07, 6.45) is -2.08. The highest BCUT2D eigenvalue weighted by atomic mass is 19.4. The first kappa shape index (κ1) is 18.4. The number of nitrogens with one attached hydrogen (secondary N) is 1. The van der Waals surface area contributed by atoms with Crippen LogP contribution in [0.15, 0.2) is 30.7 Å². The normalized spacial score (nSPS) is 12.8. The lowest BCUT2D eigenvalue weighted by Gasteiger charge is -2.17. The van der Waals surface area contributed by atoms with E-state index >= 15 is 0 Å². The number of nitrogens with two attached hydrogens (primary N) is 1. The summed E-state index contributed by atoms with van der Waals surface area (Å²) in [4.78, 5) is 23.2. The van der Waals surface area contributed by atoms with Crippen LogP contribution in [-0.4, -0.2) is 37.5 Å². The zero-order chi connectivity index (χ0) is 19.8. The fourth-order valence-corrected chi connectivity index (χ4v) is 2.23. The van der Waals surface area contributed by atoms with Gasteiger partial charge in [0.2, 0.25) is 5.91 Å². The van der Waals surface area contributed by atoms with E-state index in [0.29, 0.717) is 17.0 Å². The van der Waals surface area contributed by atoms with Crippen molar-refractivity contribution in [2.45, 2.75) is 26.1 Å². The van der Waals surface area contributed by atoms with E-state index in [9.17, 15) is 18.0 Å². The monoisotopic (exact) mass is 380 g/mol. The molecule has 27 heavy (non-hydrogen) atoms. The van der Waals surface area contributed by atoms with Crippen molar-refractivity contribution >= 4 is 23.2 Å². The highest BCUT2D eigenvalue weighted by molar-refractivity contribution is 5.87. The number of aromatic nitrogens is 4. The molecular formula is C16H15F3N6O2. The zero-order valence-electron chi connectivity index (χ0n) is 14.3. The number of amides is 1. The van der Waals surface area contributed by atoms with Crippen molar-refractivity contribution in [3.05, 3.63) is 30.7 Å². The molecule has 1 amide bonds. The van der Waals surface area contributed by atoms with Crippen molar-refractivity contribution in [1.29, 1.82) is 0 Å². The van der Waals surface area contributed by atoms with Gasteiger partial charge >= 0.3 is 6.18 Å². The molecule has 0 aromatic carbocycles. The molecule has 8 nitrogen and oxygen atoms in total. The van der Waals surface area contributed by atoms with Gasteiger partial charge in [-0.1, -0.05) is 0 Å². The Hall–Kier alpha value is -3.37. The summed E-state index contributed by atoms with van der Waals surface area (Å²) in [6, 6.07) is 3.33. The number of rotatable bonds is 4. The molecular weight excluding hydrogens is 365 g/mol. The number of nitrogen functional groups attached to an aromatic ring is 1. The molecule has 3 heterocycles. The van der Waals surface area contributed by atoms with Crippen LogP contribution in [0, 0.1) is 0 Å². The van der Waals surface area contributed by atoms with E-state index in [1.165, 1.54) is 13.1 Å². The van der Waals surface area contributed by atoms with Crippen LogP contribution in [0.2, 0.25) is 0 Å². The number of halogens is 3. The molecule has 0 fully saturated rings. The highest BCUT2D eigenvalue weighted by Gasteiger charge is 2.38. The molecule has 0 bridgehead atoms. The first-order chi connectivity index (χ1) is 12.6. The van der Waals surface area contributed by atoms with E-state index in [1.807, 2.05) is 0 Å². The van der Waals surface area contributed by atoms with E-state index < -0.39 is 18.2 Å². The number of pyridine rings is 1. The molecule has 3 rings (SSSR count). The maximum Gasteiger partial charge on any atom is 0.425 e. The van der Waals surface area contributed by atoms with Gasteiger partial charge in [-0.2, -0.15) is 13.2 Å². The molecule has 0 spiro atoms. The molecule has 0 aliphatic rings. The molecule has 3 aromatic heterocycles. The Bertz CT molecular complexity index is 1000. The fraction of sp³-hybridized carbons (Fsp3) is 0.250. The number of nitrogens with zero attached hydrogens (tertiary/aromatic N) is 4. The minimum absolute atomic E-state index is 0.244. The van der Waals surface area contributed by atoms with Crippen LogP contribution >= 0.6 is 0 Å². The standard InChI is InChI=1S/C16H15F3N6O2/c1-8(16(17,18)19)27-15-14(20)21-5-11(23-15)10-3-4-13-24-12(22-9(2)26)7-25(13)6-10/h3-8H,1-2H3,(H2,20,21)(H,22,26)/t8-/m1/s1. The van der Waals surface area contributed by atoms with Crippen LogP contribution in [0.4, 0.5) is 24.8 Å². The Morgan fingerprint density at radius 3 is 2.70 bits per heavy atom. The lowest BCUT2D eigenvalue weighted by Crippen LogP contribution is -2.31. The van der Waals surface area contributed by atoms with E-state index in [0.717, 1.165) is 6.92 Å². The molecule has 1 atom stereocenters. The van der Waals surface area contributed by atoms with Gasteiger partial charge in [-0.05, 0) is 19.1 Å². The van der Waals surface area contributed by atoms with E-state index in [2.05, 4.69) is 20.3 Å². The summed E-state index contributed by atoms with van der Waals surface area (Å²) in [6.45, 7) is 2.22. The van der Waals surface area contributed by atoms with Gasteiger partial charge in [0.25, 0.3) is 5.88 Å². The smallest absolute Gasteiger partial charge is 0.425 e. The molecule has 3 aromatic rings. The predicted molar refractivity (Wildman–Crippen MR) is 91.1 cm³/mol. The van der Waals surface area contributed by atoms with Crippen LogP contribution in [-0.2, 0) is 4.79 Å². The van der Waals surface area contributed by atoms with Crippen molar-refractivity contribution in [2.75, 3.05) is 11.1 Å². The Balaban J connectivity index is 1.93. The van der Waals surface area contributed by atoms with Gasteiger partial charge in [-0.3, -0.25) is 4.79 Å². The van der Waals surface area contributed by atoms with Gasteiger partial charge in [0.05, 0.1) is 18.1 Å². The topological polar surface area (TPSA) is 107 Å². The number of anilines is 2. The van der Waals surface area contributed by atoms with Gasteiger partial charge in [0.1, 0.15) is 5.65 Å². The lowest BCUT2D eigenvalue weighted by molar-refractivity contribution is -0.189. The van der Waals surface area contributed by atoms with Crippen LogP contribution in [0.3, 0.4) is 0 Å². The third-order valence-electron chi connectivity index (χ3n) is 3.57. The summed E-state index contributed by atoms with van der Waals surface area (Å²) in [5.74, 6) is -0.539. The summed E-state index contributed by atoms with van der Waals surface area (Å²) < 4.78 is 44.6. The Morgan fingerprint density at radius 1 is 1.30 bits per heavy atom. The third-order valence-corrected chi connectivity index (χ3v) is 3.57. The lowest BCUT2D eigenvalue weighted by atomic mass is 10.2. The minimum Gasteiger partial charge on any atom is -0.462 e. The van der Waals surface area contributed by atoms with Crippen molar-refractivity contribution in [1.82, 2.24) is 19.4 Å². The number of hydrogen-bond acceptors (Lipinski definition) is 6. The number of carbonyl (C=O) groups excluding carboxylic acids is 1. The van der Waals surface area contributed by atoms with Crippen molar-refractivity contribution in [3.8, 4) is 17.1 Å². The molecule has 142 valence electrons. The number of ether oxygens (including phenoxy) is 1. The average Bonchev–Trinajstić information content (AvgIpc) is 2.96. The largest absolute Gasteiger partial charge is 0.462 e. The van der Waals surface area contributed by atoms with Crippen LogP contribution in [0.1, 0.15) is 13.8 Å². The number of imidazole rings is 1. The summed E-state index contributed by atoms with van der Waals surface area (Å²) in [7, 11) is 0. The maximum absolute atomic E-state index is 12.7.